The number of rotatable bonds is 9. The summed E-state index contributed by atoms with van der Waals surface area (Å²) in [4.78, 5) is 28.7. The van der Waals surface area contributed by atoms with E-state index < -0.39 is 0 Å². The van der Waals surface area contributed by atoms with Crippen molar-refractivity contribution in [2.24, 2.45) is 4.99 Å². The minimum absolute atomic E-state index is 0.149. The lowest BCUT2D eigenvalue weighted by atomic mass is 9.91. The van der Waals surface area contributed by atoms with Gasteiger partial charge in [0.2, 0.25) is 5.91 Å². The molecule has 0 radical (unpaired) electrons. The van der Waals surface area contributed by atoms with Crippen LogP contribution in [0.1, 0.15) is 51.2 Å². The number of benzene rings is 1. The molecule has 1 aromatic carbocycles. The van der Waals surface area contributed by atoms with Crippen LogP contribution in [0, 0.1) is 12.3 Å². The van der Waals surface area contributed by atoms with Crippen LogP contribution in [0.2, 0.25) is 0 Å². The highest BCUT2D eigenvalue weighted by Crippen LogP contribution is 2.31. The third-order valence-corrected chi connectivity index (χ3v) is 4.01. The van der Waals surface area contributed by atoms with Crippen LogP contribution in [0.5, 0.6) is 0 Å². The maximum Gasteiger partial charge on any atom is 0.221 e. The van der Waals surface area contributed by atoms with Gasteiger partial charge in [-0.15, -0.1) is 6.42 Å². The Morgan fingerprint density at radius 3 is 2.56 bits per heavy atom. The molecule has 1 amide bonds. The zero-order chi connectivity index (χ0) is 20.4. The zero-order valence-corrected chi connectivity index (χ0v) is 16.3. The molecule has 4 heteroatoms. The Hall–Kier alpha value is -3.19. The highest BCUT2D eigenvalue weighted by molar-refractivity contribution is 6.08. The monoisotopic (exact) mass is 362 g/mol. The van der Waals surface area contributed by atoms with Crippen LogP contribution in [0.25, 0.3) is 5.57 Å². The number of nitrogens with zero attached hydrogens (tertiary/aromatic N) is 1. The van der Waals surface area contributed by atoms with Gasteiger partial charge in [0, 0.05) is 35.8 Å². The zero-order valence-electron chi connectivity index (χ0n) is 16.3. The second-order valence-corrected chi connectivity index (χ2v) is 6.04. The largest absolute Gasteiger partial charge is 0.323 e. The maximum atomic E-state index is 12.9. The van der Waals surface area contributed by atoms with E-state index in [0.717, 1.165) is 12.8 Å². The number of terminal acetylenes is 1. The first kappa shape index (κ1) is 21.9. The first-order chi connectivity index (χ1) is 12.9. The first-order valence-corrected chi connectivity index (χ1v) is 8.82. The Balaban J connectivity index is 3.88. The van der Waals surface area contributed by atoms with E-state index >= 15 is 0 Å². The molecule has 0 aromatic heterocycles. The normalized spacial score (nSPS) is 12.2. The quantitative estimate of drug-likeness (QED) is 0.306. The summed E-state index contributed by atoms with van der Waals surface area (Å²) in [5, 5.41) is 2.71. The predicted octanol–water partition coefficient (Wildman–Crippen LogP) is 4.44. The fraction of sp³-hybridized carbons (Fsp3) is 0.261. The van der Waals surface area contributed by atoms with Gasteiger partial charge in [0.1, 0.15) is 0 Å². The molecule has 0 bridgehead atoms. The van der Waals surface area contributed by atoms with Gasteiger partial charge in [-0.2, -0.15) is 0 Å². The second-order valence-electron chi connectivity index (χ2n) is 6.04. The molecule has 27 heavy (non-hydrogen) atoms. The van der Waals surface area contributed by atoms with Crippen molar-refractivity contribution in [1.82, 2.24) is 5.32 Å². The van der Waals surface area contributed by atoms with Crippen molar-refractivity contribution in [2.45, 2.75) is 40.0 Å². The molecule has 1 N–H and O–H groups in total. The van der Waals surface area contributed by atoms with E-state index in [1.54, 1.807) is 25.1 Å². The SMILES string of the molecule is C#Cc1cccc(C(=C(\NC(C)=O)C(=O)CCCC)/C(C=C)=C(\C)N=C)c1. The minimum Gasteiger partial charge on any atom is -0.323 e. The highest BCUT2D eigenvalue weighted by Gasteiger charge is 2.21. The van der Waals surface area contributed by atoms with Crippen molar-refractivity contribution in [3.8, 4) is 12.3 Å². The van der Waals surface area contributed by atoms with E-state index in [-0.39, 0.29) is 17.4 Å². The summed E-state index contributed by atoms with van der Waals surface area (Å²) in [5.41, 5.74) is 3.36. The lowest BCUT2D eigenvalue weighted by molar-refractivity contribution is -0.121. The number of amides is 1. The number of aliphatic imine (C=N–C) groups is 1. The van der Waals surface area contributed by atoms with E-state index in [9.17, 15) is 9.59 Å². The van der Waals surface area contributed by atoms with Crippen LogP contribution in [0.4, 0.5) is 0 Å². The van der Waals surface area contributed by atoms with Crippen molar-refractivity contribution in [2.75, 3.05) is 0 Å². The predicted molar refractivity (Wildman–Crippen MR) is 112 cm³/mol. The Morgan fingerprint density at radius 2 is 2.04 bits per heavy atom. The van der Waals surface area contributed by atoms with Gasteiger partial charge in [-0.3, -0.25) is 14.6 Å². The molecule has 0 spiro atoms. The standard InChI is InChI=1S/C23H26N2O2/c1-7-10-14-21(27)23(25-17(5)26)22(20(9-3)16(4)24-6)19-13-11-12-18(8-2)15-19/h2,9,11-13,15H,3,6-7,10,14H2,1,4-5H3,(H,25,26)/b20-16+,23-22+. The van der Waals surface area contributed by atoms with Crippen molar-refractivity contribution < 1.29 is 9.59 Å². The van der Waals surface area contributed by atoms with Crippen LogP contribution < -0.4 is 5.32 Å². The van der Waals surface area contributed by atoms with Crippen LogP contribution in [0.15, 0.2) is 58.9 Å². The van der Waals surface area contributed by atoms with Gasteiger partial charge < -0.3 is 5.32 Å². The van der Waals surface area contributed by atoms with Crippen molar-refractivity contribution in [3.63, 3.8) is 0 Å². The minimum atomic E-state index is -0.326. The Kier molecular flexibility index (Phi) is 8.68. The van der Waals surface area contributed by atoms with Gasteiger partial charge >= 0.3 is 0 Å². The summed E-state index contributed by atoms with van der Waals surface area (Å²) >= 11 is 0. The Morgan fingerprint density at radius 1 is 1.33 bits per heavy atom. The van der Waals surface area contributed by atoms with Crippen molar-refractivity contribution >= 4 is 24.0 Å². The van der Waals surface area contributed by atoms with Gasteiger partial charge in [0.15, 0.2) is 5.78 Å². The van der Waals surface area contributed by atoms with Crippen LogP contribution >= 0.6 is 0 Å². The van der Waals surface area contributed by atoms with Gasteiger partial charge in [-0.05, 0) is 37.8 Å². The molecular weight excluding hydrogens is 336 g/mol. The highest BCUT2D eigenvalue weighted by atomic mass is 16.2. The topological polar surface area (TPSA) is 58.5 Å². The molecule has 140 valence electrons. The van der Waals surface area contributed by atoms with Crippen LogP contribution in [-0.4, -0.2) is 18.4 Å². The smallest absolute Gasteiger partial charge is 0.221 e. The van der Waals surface area contributed by atoms with E-state index in [1.807, 2.05) is 19.1 Å². The molecule has 1 rings (SSSR count). The van der Waals surface area contributed by atoms with Crippen LogP contribution in [0.3, 0.4) is 0 Å². The number of ketones is 1. The van der Waals surface area contributed by atoms with E-state index in [4.69, 9.17) is 6.42 Å². The van der Waals surface area contributed by atoms with E-state index in [2.05, 4.69) is 29.5 Å². The van der Waals surface area contributed by atoms with Gasteiger partial charge in [-0.1, -0.05) is 44.1 Å². The first-order valence-electron chi connectivity index (χ1n) is 8.82. The fourth-order valence-electron chi connectivity index (χ4n) is 2.62. The molecule has 0 unspecified atom stereocenters. The molecular formula is C23H26N2O2. The summed E-state index contributed by atoms with van der Waals surface area (Å²) in [6.45, 7) is 12.6. The summed E-state index contributed by atoms with van der Waals surface area (Å²) < 4.78 is 0. The summed E-state index contributed by atoms with van der Waals surface area (Å²) in [6, 6.07) is 7.24. The number of allylic oxidation sites excluding steroid dienone is 5. The molecule has 0 saturated heterocycles. The number of hydrogen-bond donors (Lipinski definition) is 1. The molecule has 0 aliphatic heterocycles. The molecule has 4 nitrogen and oxygen atoms in total. The molecule has 0 heterocycles. The van der Waals surface area contributed by atoms with Gasteiger partial charge in [0.25, 0.3) is 0 Å². The summed E-state index contributed by atoms with van der Waals surface area (Å²) in [5.74, 6) is 2.12. The fourth-order valence-corrected chi connectivity index (χ4v) is 2.62. The van der Waals surface area contributed by atoms with Crippen LogP contribution in [-0.2, 0) is 9.59 Å². The number of carbonyl (C=O) groups is 2. The van der Waals surface area contributed by atoms with Crippen molar-refractivity contribution in [1.29, 1.82) is 0 Å². The number of nitrogens with one attached hydrogen (secondary N) is 1. The lowest BCUT2D eigenvalue weighted by Crippen LogP contribution is -2.27. The lowest BCUT2D eigenvalue weighted by Gasteiger charge is -2.18. The van der Waals surface area contributed by atoms with E-state index in [1.165, 1.54) is 6.92 Å². The average molecular weight is 362 g/mol. The molecule has 0 saturated carbocycles. The average Bonchev–Trinajstić information content (AvgIpc) is 2.67. The molecule has 0 atom stereocenters. The third-order valence-electron chi connectivity index (χ3n) is 4.01. The summed E-state index contributed by atoms with van der Waals surface area (Å²) in [7, 11) is 0. The molecule has 0 aliphatic rings. The Bertz CT molecular complexity index is 851. The van der Waals surface area contributed by atoms with E-state index in [0.29, 0.717) is 34.4 Å². The molecule has 0 fully saturated rings. The van der Waals surface area contributed by atoms with Gasteiger partial charge in [0.05, 0.1) is 5.70 Å². The third kappa shape index (κ3) is 5.93. The molecule has 1 aromatic rings. The second kappa shape index (κ2) is 10.7. The molecule has 0 aliphatic carbocycles. The van der Waals surface area contributed by atoms with Gasteiger partial charge in [-0.25, -0.2) is 0 Å². The maximum absolute atomic E-state index is 12.9. The number of carbonyl (C=O) groups excluding carboxylic acids is 2. The Labute approximate surface area is 161 Å². The number of hydrogen-bond acceptors (Lipinski definition) is 3. The number of Topliss-reactive ketones (excluding diaryl/α,β-unsaturated/α-hetero) is 1. The summed E-state index contributed by atoms with van der Waals surface area (Å²) in [6.07, 6.45) is 9.07. The van der Waals surface area contributed by atoms with Crippen molar-refractivity contribution in [3.05, 3.63) is 65.0 Å². The number of unbranched alkanes of at least 4 members (excludes halogenated alkanes) is 1.